The minimum Gasteiger partial charge on any atom is -0.456 e. The number of amides is 1. The van der Waals surface area contributed by atoms with Gasteiger partial charge in [-0.15, -0.1) is 0 Å². The number of carbonyl (C=O) groups is 2. The maximum atomic E-state index is 12.7. The molecular weight excluding hydrogens is 480 g/mol. The minimum absolute atomic E-state index is 0.399. The van der Waals surface area contributed by atoms with E-state index >= 15 is 0 Å². The van der Waals surface area contributed by atoms with Crippen molar-refractivity contribution in [2.24, 2.45) is 0 Å². The van der Waals surface area contributed by atoms with E-state index in [1.165, 1.54) is 22.3 Å². The van der Waals surface area contributed by atoms with E-state index in [1.54, 1.807) is 6.92 Å². The molecule has 1 amide bonds. The van der Waals surface area contributed by atoms with Crippen molar-refractivity contribution in [2.45, 2.75) is 51.2 Å². The van der Waals surface area contributed by atoms with Gasteiger partial charge in [0, 0.05) is 5.56 Å². The summed E-state index contributed by atoms with van der Waals surface area (Å²) in [6.07, 6.45) is 2.54. The van der Waals surface area contributed by atoms with E-state index in [2.05, 4.69) is 40.8 Å². The third kappa shape index (κ3) is 4.34. The molecule has 0 radical (unpaired) electrons. The molecule has 0 bridgehead atoms. The first-order chi connectivity index (χ1) is 18.5. The lowest BCUT2D eigenvalue weighted by Gasteiger charge is -2.23. The van der Waals surface area contributed by atoms with Crippen molar-refractivity contribution in [3.05, 3.63) is 94.7 Å². The zero-order valence-corrected chi connectivity index (χ0v) is 21.3. The average Bonchev–Trinajstić information content (AvgIpc) is 3.64. The van der Waals surface area contributed by atoms with Crippen LogP contribution in [0.3, 0.4) is 0 Å². The molecule has 1 saturated carbocycles. The fraction of sp³-hybridized carbons (Fsp3) is 0.258. The van der Waals surface area contributed by atoms with Gasteiger partial charge in [-0.1, -0.05) is 65.8 Å². The summed E-state index contributed by atoms with van der Waals surface area (Å²) in [5, 5.41) is 6.94. The average molecular weight is 509 g/mol. The number of aryl methyl sites for hydroxylation is 3. The van der Waals surface area contributed by atoms with Crippen molar-refractivity contribution < 1.29 is 23.6 Å². The van der Waals surface area contributed by atoms with E-state index < -0.39 is 17.8 Å². The fourth-order valence-electron chi connectivity index (χ4n) is 5.30. The number of benzene rings is 3. The molecule has 4 aromatic rings. The van der Waals surface area contributed by atoms with Gasteiger partial charge in [-0.05, 0) is 79.0 Å². The molecule has 7 heteroatoms. The Labute approximate surface area is 220 Å². The van der Waals surface area contributed by atoms with Crippen LogP contribution in [0.5, 0.6) is 0 Å². The molecule has 0 unspecified atom stereocenters. The molecule has 2 aliphatic rings. The van der Waals surface area contributed by atoms with Crippen molar-refractivity contribution in [1.29, 1.82) is 0 Å². The fourth-order valence-corrected chi connectivity index (χ4v) is 5.30. The topological polar surface area (TPSA) is 90.7 Å². The number of ether oxygens (including phenoxy) is 2. The van der Waals surface area contributed by atoms with Gasteiger partial charge in [-0.25, -0.2) is 4.79 Å². The molecule has 0 spiro atoms. The highest BCUT2D eigenvalue weighted by molar-refractivity contribution is 5.91. The number of carbonyl (C=O) groups excluding carboxylic acids is 2. The van der Waals surface area contributed by atoms with Crippen molar-refractivity contribution in [3.63, 3.8) is 0 Å². The lowest BCUT2D eigenvalue weighted by molar-refractivity contribution is -0.136. The molecule has 0 saturated heterocycles. The summed E-state index contributed by atoms with van der Waals surface area (Å²) < 4.78 is 16.6. The first-order valence-corrected chi connectivity index (χ1v) is 12.8. The molecule has 3 aromatic carbocycles. The molecule has 38 heavy (non-hydrogen) atoms. The number of nitrogens with one attached hydrogen (secondary N) is 1. The summed E-state index contributed by atoms with van der Waals surface area (Å²) in [4.78, 5) is 23.7. The zero-order valence-electron chi connectivity index (χ0n) is 21.3. The Morgan fingerprint density at radius 3 is 2.45 bits per heavy atom. The predicted octanol–water partition coefficient (Wildman–Crippen LogP) is 6.89. The first-order valence-electron chi connectivity index (χ1n) is 12.8. The van der Waals surface area contributed by atoms with Crippen LogP contribution in [-0.4, -0.2) is 17.7 Å². The SMILES string of the molecule is Cc1noc(-c2ccc3c(c2)CCc2cc(C4(OC=O)CC4)ccc2-3)c1NC(=O)O[C@H](C)c1ccccc1. The number of rotatable bonds is 7. The second kappa shape index (κ2) is 9.49. The normalized spacial score (nSPS) is 15.5. The monoisotopic (exact) mass is 508 g/mol. The van der Waals surface area contributed by atoms with E-state index in [0.717, 1.165) is 42.4 Å². The lowest BCUT2D eigenvalue weighted by Crippen LogP contribution is -2.16. The Morgan fingerprint density at radius 2 is 1.74 bits per heavy atom. The smallest absolute Gasteiger partial charge is 0.412 e. The number of hydrogen-bond donors (Lipinski definition) is 1. The van der Waals surface area contributed by atoms with Crippen LogP contribution in [0.2, 0.25) is 0 Å². The van der Waals surface area contributed by atoms with E-state index in [-0.39, 0.29) is 0 Å². The van der Waals surface area contributed by atoms with Gasteiger partial charge < -0.3 is 14.0 Å². The highest BCUT2D eigenvalue weighted by Crippen LogP contribution is 2.50. The second-order valence-corrected chi connectivity index (χ2v) is 10.0. The largest absolute Gasteiger partial charge is 0.456 e. The van der Waals surface area contributed by atoms with Crippen molar-refractivity contribution >= 4 is 18.3 Å². The van der Waals surface area contributed by atoms with Gasteiger partial charge in [0.05, 0.1) is 0 Å². The summed E-state index contributed by atoms with van der Waals surface area (Å²) in [6, 6.07) is 22.2. The van der Waals surface area contributed by atoms with E-state index in [1.807, 2.05) is 43.3 Å². The molecule has 6 rings (SSSR count). The number of fused-ring (bicyclic) bond motifs is 3. The van der Waals surface area contributed by atoms with Gasteiger partial charge in [0.1, 0.15) is 23.1 Å². The molecule has 0 aliphatic heterocycles. The van der Waals surface area contributed by atoms with Crippen LogP contribution in [0.15, 0.2) is 71.3 Å². The number of anilines is 1. The zero-order chi connectivity index (χ0) is 26.3. The van der Waals surface area contributed by atoms with Crippen molar-refractivity contribution in [2.75, 3.05) is 5.32 Å². The van der Waals surface area contributed by atoms with Crippen LogP contribution in [0.1, 0.15) is 53.8 Å². The van der Waals surface area contributed by atoms with Gasteiger partial charge in [0.15, 0.2) is 5.76 Å². The molecule has 7 nitrogen and oxygen atoms in total. The van der Waals surface area contributed by atoms with Crippen molar-refractivity contribution in [3.8, 4) is 22.5 Å². The maximum Gasteiger partial charge on any atom is 0.412 e. The summed E-state index contributed by atoms with van der Waals surface area (Å²) in [6.45, 7) is 4.18. The molecule has 1 N–H and O–H groups in total. The van der Waals surface area contributed by atoms with Crippen LogP contribution < -0.4 is 5.32 Å². The van der Waals surface area contributed by atoms with E-state index in [9.17, 15) is 9.59 Å². The summed E-state index contributed by atoms with van der Waals surface area (Å²) in [5.41, 5.74) is 8.29. The molecule has 1 heterocycles. The highest BCUT2D eigenvalue weighted by atomic mass is 16.6. The Morgan fingerprint density at radius 1 is 1.03 bits per heavy atom. The Kier molecular flexibility index (Phi) is 5.98. The number of aromatic nitrogens is 1. The van der Waals surface area contributed by atoms with Crippen LogP contribution >= 0.6 is 0 Å². The van der Waals surface area contributed by atoms with Crippen LogP contribution in [0.25, 0.3) is 22.5 Å². The van der Waals surface area contributed by atoms with Gasteiger partial charge in [-0.2, -0.15) is 0 Å². The Balaban J connectivity index is 1.24. The van der Waals surface area contributed by atoms with Crippen LogP contribution in [0, 0.1) is 6.92 Å². The minimum atomic E-state index is -0.566. The second-order valence-electron chi connectivity index (χ2n) is 10.0. The summed E-state index contributed by atoms with van der Waals surface area (Å²) in [5.74, 6) is 0.498. The van der Waals surface area contributed by atoms with Gasteiger partial charge in [-0.3, -0.25) is 10.1 Å². The van der Waals surface area contributed by atoms with Crippen LogP contribution in [0.4, 0.5) is 10.5 Å². The number of hydrogen-bond acceptors (Lipinski definition) is 6. The van der Waals surface area contributed by atoms with E-state index in [0.29, 0.717) is 23.6 Å². The van der Waals surface area contributed by atoms with E-state index in [4.69, 9.17) is 14.0 Å². The number of nitrogens with zero attached hydrogens (tertiary/aromatic N) is 1. The predicted molar refractivity (Wildman–Crippen MR) is 143 cm³/mol. The summed E-state index contributed by atoms with van der Waals surface area (Å²) >= 11 is 0. The summed E-state index contributed by atoms with van der Waals surface area (Å²) in [7, 11) is 0. The third-order valence-corrected chi connectivity index (χ3v) is 7.57. The third-order valence-electron chi connectivity index (χ3n) is 7.57. The lowest BCUT2D eigenvalue weighted by atomic mass is 9.83. The highest BCUT2D eigenvalue weighted by Gasteiger charge is 2.47. The van der Waals surface area contributed by atoms with Crippen LogP contribution in [-0.2, 0) is 32.7 Å². The molecule has 1 aromatic heterocycles. The Hall–Kier alpha value is -4.39. The van der Waals surface area contributed by atoms with Crippen molar-refractivity contribution in [1.82, 2.24) is 5.16 Å². The maximum absolute atomic E-state index is 12.7. The molecule has 1 atom stereocenters. The molecular formula is C31H28N2O5. The Bertz CT molecular complexity index is 1520. The quantitative estimate of drug-likeness (QED) is 0.274. The molecule has 192 valence electrons. The standard InChI is InChI=1S/C31H28N2O5/c1-19-28(32-30(35)37-20(2)21-6-4-3-5-7-21)29(38-33-19)24-10-12-26-22(16-24)8-9-23-17-25(11-13-27(23)26)31(14-15-31)36-18-34/h3-7,10-13,16-18,20H,8-9,14-15H2,1-2H3,(H,32,35)/t20-/m1/s1. The first kappa shape index (κ1) is 24.0. The van der Waals surface area contributed by atoms with Gasteiger partial charge in [0.2, 0.25) is 0 Å². The van der Waals surface area contributed by atoms with Gasteiger partial charge in [0.25, 0.3) is 6.47 Å². The molecule has 1 fully saturated rings. The van der Waals surface area contributed by atoms with Gasteiger partial charge >= 0.3 is 6.09 Å². The molecule has 2 aliphatic carbocycles.